The number of amides is 1. The number of benzene rings is 2. The van der Waals surface area contributed by atoms with Crippen LogP contribution in [0.1, 0.15) is 5.56 Å². The minimum atomic E-state index is -1.05. The Kier molecular flexibility index (Phi) is 5.77. The van der Waals surface area contributed by atoms with E-state index in [0.29, 0.717) is 21.9 Å². The first-order chi connectivity index (χ1) is 14.9. The maximum Gasteiger partial charge on any atom is 0.267 e. The number of hydrogen-bond donors (Lipinski definition) is 1. The van der Waals surface area contributed by atoms with E-state index < -0.39 is 17.5 Å². The predicted molar refractivity (Wildman–Crippen MR) is 116 cm³/mol. The fourth-order valence-electron chi connectivity index (χ4n) is 2.95. The van der Waals surface area contributed by atoms with E-state index in [9.17, 15) is 18.4 Å². The van der Waals surface area contributed by atoms with Crippen molar-refractivity contribution in [2.24, 2.45) is 0 Å². The normalized spacial score (nSPS) is 10.9. The lowest BCUT2D eigenvalue weighted by Gasteiger charge is -2.13. The summed E-state index contributed by atoms with van der Waals surface area (Å²) < 4.78 is 27.8. The summed E-state index contributed by atoms with van der Waals surface area (Å²) in [5.74, 6) is -2.22. The smallest absolute Gasteiger partial charge is 0.267 e. The third-order valence-corrected chi connectivity index (χ3v) is 5.35. The molecule has 1 amide bonds. The number of carbonyl (C=O) groups excluding carboxylic acids is 1. The molecule has 4 aromatic rings. The van der Waals surface area contributed by atoms with Crippen LogP contribution in [-0.2, 0) is 4.79 Å². The van der Waals surface area contributed by atoms with Crippen molar-refractivity contribution in [2.75, 3.05) is 11.1 Å². The molecule has 0 radical (unpaired) electrons. The van der Waals surface area contributed by atoms with Crippen LogP contribution in [0.15, 0.2) is 70.7 Å². The van der Waals surface area contributed by atoms with E-state index in [-0.39, 0.29) is 17.0 Å². The molecule has 4 rings (SSSR count). The van der Waals surface area contributed by atoms with Crippen LogP contribution < -0.4 is 10.9 Å². The number of nitrogens with zero attached hydrogens (tertiary/aromatic N) is 3. The molecular formula is C22H16F2N4O2S. The van der Waals surface area contributed by atoms with Crippen LogP contribution in [0.3, 0.4) is 0 Å². The maximum atomic E-state index is 13.4. The summed E-state index contributed by atoms with van der Waals surface area (Å²) in [6, 6.07) is 13.6. The zero-order valence-electron chi connectivity index (χ0n) is 16.3. The van der Waals surface area contributed by atoms with Crippen molar-refractivity contribution < 1.29 is 13.6 Å². The van der Waals surface area contributed by atoms with Gasteiger partial charge in [0.05, 0.1) is 16.7 Å². The summed E-state index contributed by atoms with van der Waals surface area (Å²) in [6.45, 7) is 1.88. The van der Waals surface area contributed by atoms with E-state index in [1.807, 2.05) is 13.0 Å². The molecule has 0 saturated heterocycles. The van der Waals surface area contributed by atoms with Crippen LogP contribution in [-0.4, -0.2) is 26.2 Å². The summed E-state index contributed by atoms with van der Waals surface area (Å²) >= 11 is 1.04. The van der Waals surface area contributed by atoms with Crippen LogP contribution >= 0.6 is 11.8 Å². The highest BCUT2D eigenvalue weighted by Gasteiger charge is 2.16. The van der Waals surface area contributed by atoms with Gasteiger partial charge in [0, 0.05) is 18.0 Å². The molecule has 0 unspecified atom stereocenters. The van der Waals surface area contributed by atoms with E-state index in [0.717, 1.165) is 29.5 Å². The second kappa shape index (κ2) is 8.65. The number of aromatic nitrogens is 3. The molecule has 2 aromatic heterocycles. The number of nitrogens with one attached hydrogen (secondary N) is 1. The van der Waals surface area contributed by atoms with Gasteiger partial charge in [-0.05, 0) is 48.9 Å². The molecule has 31 heavy (non-hydrogen) atoms. The van der Waals surface area contributed by atoms with Crippen molar-refractivity contribution in [2.45, 2.75) is 12.1 Å². The molecule has 0 spiro atoms. The highest BCUT2D eigenvalue weighted by atomic mass is 32.2. The topological polar surface area (TPSA) is 76.9 Å². The van der Waals surface area contributed by atoms with Gasteiger partial charge >= 0.3 is 0 Å². The molecule has 6 nitrogen and oxygen atoms in total. The number of thioether (sulfide) groups is 1. The van der Waals surface area contributed by atoms with Gasteiger partial charge in [0.25, 0.3) is 5.56 Å². The summed E-state index contributed by atoms with van der Waals surface area (Å²) in [7, 11) is 0. The fourth-order valence-corrected chi connectivity index (χ4v) is 3.76. The standard InChI is InChI=1S/C22H16F2N4O2S/c1-13-8-9-25-19(10-13)28-21(30)15-4-2-3-5-18(15)27-22(28)31-12-20(29)26-14-6-7-16(23)17(24)11-14/h2-11H,12H2,1H3,(H,26,29). The summed E-state index contributed by atoms with van der Waals surface area (Å²) in [6.07, 6.45) is 1.59. The van der Waals surface area contributed by atoms with E-state index in [1.54, 1.807) is 36.5 Å². The molecule has 1 N–H and O–H groups in total. The van der Waals surface area contributed by atoms with Gasteiger partial charge in [-0.15, -0.1) is 0 Å². The second-order valence-electron chi connectivity index (χ2n) is 6.71. The molecule has 0 fully saturated rings. The number of carbonyl (C=O) groups is 1. The van der Waals surface area contributed by atoms with Crippen molar-refractivity contribution >= 4 is 34.3 Å². The highest BCUT2D eigenvalue weighted by molar-refractivity contribution is 7.99. The molecule has 2 heterocycles. The average Bonchev–Trinajstić information content (AvgIpc) is 2.75. The van der Waals surface area contributed by atoms with Gasteiger partial charge in [-0.1, -0.05) is 23.9 Å². The largest absolute Gasteiger partial charge is 0.325 e. The van der Waals surface area contributed by atoms with Gasteiger partial charge in [-0.3, -0.25) is 9.59 Å². The predicted octanol–water partition coefficient (Wildman–Crippen LogP) is 4.10. The lowest BCUT2D eigenvalue weighted by atomic mass is 10.2. The molecule has 0 bridgehead atoms. The molecule has 0 atom stereocenters. The zero-order valence-corrected chi connectivity index (χ0v) is 17.1. The van der Waals surface area contributed by atoms with Crippen molar-refractivity contribution in [1.82, 2.24) is 14.5 Å². The maximum absolute atomic E-state index is 13.4. The molecule has 0 aliphatic carbocycles. The Labute approximate surface area is 180 Å². The number of fused-ring (bicyclic) bond motifs is 1. The van der Waals surface area contributed by atoms with Crippen molar-refractivity contribution in [1.29, 1.82) is 0 Å². The van der Waals surface area contributed by atoms with Gasteiger partial charge in [0.2, 0.25) is 5.91 Å². The first kappa shape index (κ1) is 20.7. The van der Waals surface area contributed by atoms with E-state index in [2.05, 4.69) is 15.3 Å². The second-order valence-corrected chi connectivity index (χ2v) is 7.65. The van der Waals surface area contributed by atoms with Crippen LogP contribution in [0.2, 0.25) is 0 Å². The van der Waals surface area contributed by atoms with E-state index in [1.165, 1.54) is 10.6 Å². The fraction of sp³-hybridized carbons (Fsp3) is 0.0909. The quantitative estimate of drug-likeness (QED) is 0.375. The number of aryl methyl sites for hydroxylation is 1. The van der Waals surface area contributed by atoms with Crippen molar-refractivity contribution in [3.05, 3.63) is 88.3 Å². The van der Waals surface area contributed by atoms with Crippen molar-refractivity contribution in [3.63, 3.8) is 0 Å². The Morgan fingerprint density at radius 3 is 2.68 bits per heavy atom. The summed E-state index contributed by atoms with van der Waals surface area (Å²) in [5.41, 5.74) is 1.25. The van der Waals surface area contributed by atoms with Gasteiger partial charge in [0.1, 0.15) is 5.82 Å². The van der Waals surface area contributed by atoms with Gasteiger partial charge in [-0.25, -0.2) is 23.3 Å². The minimum Gasteiger partial charge on any atom is -0.325 e. The van der Waals surface area contributed by atoms with Crippen LogP contribution in [0.5, 0.6) is 0 Å². The van der Waals surface area contributed by atoms with E-state index >= 15 is 0 Å². The third kappa shape index (κ3) is 4.46. The van der Waals surface area contributed by atoms with Gasteiger partial charge < -0.3 is 5.32 Å². The summed E-state index contributed by atoms with van der Waals surface area (Å²) in [5, 5.41) is 3.23. The lowest BCUT2D eigenvalue weighted by molar-refractivity contribution is -0.113. The number of rotatable bonds is 5. The van der Waals surface area contributed by atoms with Crippen LogP contribution in [0.4, 0.5) is 14.5 Å². The van der Waals surface area contributed by atoms with E-state index in [4.69, 9.17) is 0 Å². The van der Waals surface area contributed by atoms with Gasteiger partial charge in [-0.2, -0.15) is 0 Å². The number of halogens is 2. The lowest BCUT2D eigenvalue weighted by Crippen LogP contribution is -2.23. The monoisotopic (exact) mass is 438 g/mol. The zero-order chi connectivity index (χ0) is 22.0. The molecule has 0 aliphatic heterocycles. The number of para-hydroxylation sites is 1. The molecule has 156 valence electrons. The minimum absolute atomic E-state index is 0.102. The Bertz CT molecular complexity index is 1360. The Balaban J connectivity index is 1.66. The Morgan fingerprint density at radius 1 is 1.10 bits per heavy atom. The molecule has 0 aliphatic rings. The molecule has 9 heteroatoms. The Morgan fingerprint density at radius 2 is 1.90 bits per heavy atom. The third-order valence-electron chi connectivity index (χ3n) is 4.41. The molecule has 0 saturated carbocycles. The first-order valence-electron chi connectivity index (χ1n) is 9.25. The van der Waals surface area contributed by atoms with Crippen LogP contribution in [0.25, 0.3) is 16.7 Å². The first-order valence-corrected chi connectivity index (χ1v) is 10.2. The molecular weight excluding hydrogens is 422 g/mol. The SMILES string of the molecule is Cc1ccnc(-n2c(SCC(=O)Nc3ccc(F)c(F)c3)nc3ccccc3c2=O)c1. The Hall–Kier alpha value is -3.59. The van der Waals surface area contributed by atoms with Gasteiger partial charge in [0.15, 0.2) is 16.8 Å². The molecule has 2 aromatic carbocycles. The number of anilines is 1. The summed E-state index contributed by atoms with van der Waals surface area (Å²) in [4.78, 5) is 34.3. The highest BCUT2D eigenvalue weighted by Crippen LogP contribution is 2.21. The number of pyridine rings is 1. The van der Waals surface area contributed by atoms with Crippen molar-refractivity contribution in [3.8, 4) is 5.82 Å². The van der Waals surface area contributed by atoms with Crippen LogP contribution in [0, 0.1) is 18.6 Å². The average molecular weight is 438 g/mol. The number of hydrogen-bond acceptors (Lipinski definition) is 5.